The highest BCUT2D eigenvalue weighted by atomic mass is 16.6. The molecule has 1 aliphatic heterocycles. The SMILES string of the molecule is CC12CCC(=NO)C=C1C=CC1C2CCC2(C)C1CCC21CCC(=O)O1. The zero-order valence-corrected chi connectivity index (χ0v) is 15.8. The van der Waals surface area contributed by atoms with Gasteiger partial charge in [-0.15, -0.1) is 0 Å². The van der Waals surface area contributed by atoms with Crippen LogP contribution >= 0.6 is 0 Å². The number of carbonyl (C=O) groups is 1. The van der Waals surface area contributed by atoms with Gasteiger partial charge in [0.05, 0.1) is 5.71 Å². The zero-order valence-electron chi connectivity index (χ0n) is 15.8. The van der Waals surface area contributed by atoms with Crippen LogP contribution in [-0.2, 0) is 9.53 Å². The van der Waals surface area contributed by atoms with Gasteiger partial charge >= 0.3 is 5.97 Å². The number of oxime groups is 1. The normalized spacial score (nSPS) is 51.0. The minimum absolute atomic E-state index is 0.00784. The average molecular weight is 355 g/mol. The molecule has 0 radical (unpaired) electrons. The topological polar surface area (TPSA) is 58.9 Å². The number of carbonyl (C=O) groups excluding carboxylic acids is 1. The third kappa shape index (κ3) is 1.91. The standard InChI is InChI=1S/C22H29NO3/c1-20-9-5-15(23-25)13-14(20)3-4-16-17(20)6-10-21(2)18(16)7-11-22(21)12-8-19(24)26-22/h3-4,13,16-18,25H,5-12H2,1-2H3. The van der Waals surface area contributed by atoms with Crippen LogP contribution in [0.1, 0.15) is 65.2 Å². The Kier molecular flexibility index (Phi) is 3.34. The Labute approximate surface area is 155 Å². The second-order valence-corrected chi connectivity index (χ2v) is 9.72. The Bertz CT molecular complexity index is 752. The first-order chi connectivity index (χ1) is 12.4. The molecule has 4 heteroatoms. The van der Waals surface area contributed by atoms with Crippen LogP contribution in [0.4, 0.5) is 0 Å². The maximum Gasteiger partial charge on any atom is 0.306 e. The van der Waals surface area contributed by atoms with Gasteiger partial charge in [-0.25, -0.2) is 0 Å². The highest BCUT2D eigenvalue weighted by Gasteiger charge is 2.66. The first-order valence-electron chi connectivity index (χ1n) is 10.3. The van der Waals surface area contributed by atoms with Crippen molar-refractivity contribution in [2.45, 2.75) is 70.8 Å². The third-order valence-corrected chi connectivity index (χ3v) is 8.99. The van der Waals surface area contributed by atoms with Crippen molar-refractivity contribution < 1.29 is 14.7 Å². The zero-order chi connectivity index (χ0) is 18.2. The van der Waals surface area contributed by atoms with Gasteiger partial charge < -0.3 is 9.94 Å². The molecule has 1 heterocycles. The third-order valence-electron chi connectivity index (χ3n) is 8.99. The van der Waals surface area contributed by atoms with E-state index in [1.165, 1.54) is 18.4 Å². The van der Waals surface area contributed by atoms with E-state index in [1.807, 2.05) is 0 Å². The number of fused-ring (bicyclic) bond motifs is 6. The number of nitrogens with zero attached hydrogens (tertiary/aromatic N) is 1. The van der Waals surface area contributed by atoms with E-state index in [2.05, 4.69) is 37.2 Å². The monoisotopic (exact) mass is 355 g/mol. The summed E-state index contributed by atoms with van der Waals surface area (Å²) in [6.45, 7) is 4.82. The van der Waals surface area contributed by atoms with Gasteiger partial charge in [0, 0.05) is 11.8 Å². The van der Waals surface area contributed by atoms with Crippen LogP contribution in [0.3, 0.4) is 0 Å². The molecule has 6 unspecified atom stereocenters. The highest BCUT2D eigenvalue weighted by molar-refractivity contribution is 5.96. The predicted molar refractivity (Wildman–Crippen MR) is 98.9 cm³/mol. The molecule has 0 aromatic rings. The molecule has 26 heavy (non-hydrogen) atoms. The van der Waals surface area contributed by atoms with Crippen LogP contribution in [0.15, 0.2) is 29.0 Å². The summed E-state index contributed by atoms with van der Waals surface area (Å²) in [4.78, 5) is 11.9. The predicted octanol–water partition coefficient (Wildman–Crippen LogP) is 4.63. The minimum Gasteiger partial charge on any atom is -0.458 e. The van der Waals surface area contributed by atoms with Crippen molar-refractivity contribution in [3.05, 3.63) is 23.8 Å². The summed E-state index contributed by atoms with van der Waals surface area (Å²) in [6.07, 6.45) is 14.8. The van der Waals surface area contributed by atoms with Crippen molar-refractivity contribution in [2.75, 3.05) is 0 Å². The van der Waals surface area contributed by atoms with E-state index < -0.39 is 0 Å². The lowest BCUT2D eigenvalue weighted by molar-refractivity contribution is -0.165. The molecule has 0 aromatic carbocycles. The van der Waals surface area contributed by atoms with Crippen molar-refractivity contribution in [3.63, 3.8) is 0 Å². The van der Waals surface area contributed by atoms with Crippen molar-refractivity contribution in [3.8, 4) is 0 Å². The van der Waals surface area contributed by atoms with E-state index in [0.29, 0.717) is 24.2 Å². The molecule has 140 valence electrons. The van der Waals surface area contributed by atoms with Crippen molar-refractivity contribution in [2.24, 2.45) is 33.7 Å². The summed E-state index contributed by atoms with van der Waals surface area (Å²) in [6, 6.07) is 0. The van der Waals surface area contributed by atoms with Crippen molar-refractivity contribution in [1.82, 2.24) is 0 Å². The molecule has 4 aliphatic carbocycles. The summed E-state index contributed by atoms with van der Waals surface area (Å²) in [5.41, 5.74) is 2.24. The molecule has 2 saturated carbocycles. The lowest BCUT2D eigenvalue weighted by Crippen LogP contribution is -2.53. The quantitative estimate of drug-likeness (QED) is 0.391. The first-order valence-corrected chi connectivity index (χ1v) is 10.3. The van der Waals surface area contributed by atoms with Gasteiger partial charge in [-0.3, -0.25) is 4.79 Å². The molecule has 4 nitrogen and oxygen atoms in total. The smallest absolute Gasteiger partial charge is 0.306 e. The van der Waals surface area contributed by atoms with Crippen LogP contribution < -0.4 is 0 Å². The Balaban J connectivity index is 1.52. The van der Waals surface area contributed by atoms with Gasteiger partial charge in [0.15, 0.2) is 0 Å². The first kappa shape index (κ1) is 16.6. The molecule has 1 saturated heterocycles. The maximum atomic E-state index is 11.9. The Morgan fingerprint density at radius 1 is 1.12 bits per heavy atom. The van der Waals surface area contributed by atoms with Gasteiger partial charge in [0.25, 0.3) is 0 Å². The van der Waals surface area contributed by atoms with Crippen molar-refractivity contribution in [1.29, 1.82) is 0 Å². The molecule has 0 aromatic heterocycles. The number of ether oxygens (including phenoxy) is 1. The second-order valence-electron chi connectivity index (χ2n) is 9.72. The average Bonchev–Trinajstić information content (AvgIpc) is 3.15. The van der Waals surface area contributed by atoms with Crippen LogP contribution in [0.25, 0.3) is 0 Å². The van der Waals surface area contributed by atoms with E-state index in [0.717, 1.165) is 37.8 Å². The lowest BCUT2D eigenvalue weighted by atomic mass is 9.48. The molecule has 6 atom stereocenters. The number of hydrogen-bond acceptors (Lipinski definition) is 4. The van der Waals surface area contributed by atoms with E-state index >= 15 is 0 Å². The summed E-state index contributed by atoms with van der Waals surface area (Å²) < 4.78 is 6.00. The molecule has 5 rings (SSSR count). The number of rotatable bonds is 0. The van der Waals surface area contributed by atoms with E-state index in [1.54, 1.807) is 0 Å². The molecule has 3 fully saturated rings. The molecule has 0 bridgehead atoms. The van der Waals surface area contributed by atoms with Crippen LogP contribution in [0, 0.1) is 28.6 Å². The summed E-state index contributed by atoms with van der Waals surface area (Å²) in [5, 5.41) is 12.6. The van der Waals surface area contributed by atoms with Crippen LogP contribution in [0.5, 0.6) is 0 Å². The molecule has 5 aliphatic rings. The number of hydrogen-bond donors (Lipinski definition) is 1. The van der Waals surface area contributed by atoms with Gasteiger partial charge in [-0.05, 0) is 79.8 Å². The van der Waals surface area contributed by atoms with E-state index in [-0.39, 0.29) is 22.4 Å². The Morgan fingerprint density at radius 2 is 1.92 bits per heavy atom. The molecule has 1 spiro atoms. The highest BCUT2D eigenvalue weighted by Crippen LogP contribution is 2.68. The van der Waals surface area contributed by atoms with Gasteiger partial charge in [0.2, 0.25) is 0 Å². The molecule has 0 amide bonds. The number of esters is 1. The van der Waals surface area contributed by atoms with Gasteiger partial charge in [0.1, 0.15) is 5.60 Å². The minimum atomic E-state index is -0.201. The van der Waals surface area contributed by atoms with Gasteiger partial charge in [-0.2, -0.15) is 0 Å². The Hall–Kier alpha value is -1.58. The van der Waals surface area contributed by atoms with Crippen LogP contribution in [-0.4, -0.2) is 22.5 Å². The van der Waals surface area contributed by atoms with Gasteiger partial charge in [-0.1, -0.05) is 31.2 Å². The largest absolute Gasteiger partial charge is 0.458 e. The molecular formula is C22H29NO3. The maximum absolute atomic E-state index is 11.9. The fraction of sp³-hybridized carbons (Fsp3) is 0.727. The second kappa shape index (κ2) is 5.24. The summed E-state index contributed by atoms with van der Waals surface area (Å²) in [5.74, 6) is 1.83. The van der Waals surface area contributed by atoms with Crippen LogP contribution in [0.2, 0.25) is 0 Å². The number of allylic oxidation sites excluding steroid dienone is 4. The summed E-state index contributed by atoms with van der Waals surface area (Å²) >= 11 is 0. The molecule has 1 N–H and O–H groups in total. The molecular weight excluding hydrogens is 326 g/mol. The Morgan fingerprint density at radius 3 is 2.65 bits per heavy atom. The van der Waals surface area contributed by atoms with E-state index in [9.17, 15) is 10.0 Å². The van der Waals surface area contributed by atoms with Crippen molar-refractivity contribution >= 4 is 11.7 Å². The van der Waals surface area contributed by atoms with E-state index in [4.69, 9.17) is 4.74 Å². The lowest BCUT2D eigenvalue weighted by Gasteiger charge is -2.57. The fourth-order valence-corrected chi connectivity index (χ4v) is 7.38. The fourth-order valence-electron chi connectivity index (χ4n) is 7.38. The summed E-state index contributed by atoms with van der Waals surface area (Å²) in [7, 11) is 0.